The van der Waals surface area contributed by atoms with Crippen LogP contribution in [0.15, 0.2) is 54.7 Å². The van der Waals surface area contributed by atoms with Gasteiger partial charge in [0.05, 0.1) is 12.2 Å². The molecule has 2 rings (SSSR count). The normalized spacial score (nSPS) is 10.8. The van der Waals surface area contributed by atoms with E-state index in [1.807, 2.05) is 31.2 Å². The molecule has 132 valence electrons. The molecule has 5 nitrogen and oxygen atoms in total. The highest BCUT2D eigenvalue weighted by Crippen LogP contribution is 2.14. The Balaban J connectivity index is 1.81. The molecule has 25 heavy (non-hydrogen) atoms. The van der Waals surface area contributed by atoms with E-state index < -0.39 is 0 Å². The zero-order valence-corrected chi connectivity index (χ0v) is 14.6. The van der Waals surface area contributed by atoms with Crippen molar-refractivity contribution in [3.05, 3.63) is 65.9 Å². The molecule has 0 radical (unpaired) electrons. The van der Waals surface area contributed by atoms with E-state index in [0.717, 1.165) is 30.6 Å². The number of carbonyl (C=O) groups is 1. The lowest BCUT2D eigenvalue weighted by Gasteiger charge is -2.09. The number of nitrogens with two attached hydrogens (primary N) is 1. The number of nitrogens with zero attached hydrogens (tertiary/aromatic N) is 1. The number of rotatable bonds is 9. The Kier molecular flexibility index (Phi) is 7.50. The molecule has 1 heterocycles. The van der Waals surface area contributed by atoms with Crippen LogP contribution in [0.3, 0.4) is 0 Å². The topological polar surface area (TPSA) is 77.2 Å². The summed E-state index contributed by atoms with van der Waals surface area (Å²) in [5.74, 6) is 0.814. The zero-order chi connectivity index (χ0) is 17.9. The Labute approximate surface area is 148 Å². The fraction of sp³-hybridized carbons (Fsp3) is 0.300. The Hall–Kier alpha value is -2.82. The van der Waals surface area contributed by atoms with Crippen molar-refractivity contribution in [2.75, 3.05) is 12.3 Å². The Morgan fingerprint density at radius 2 is 2.16 bits per heavy atom. The second kappa shape index (κ2) is 10.1. The molecule has 0 unspecified atom stereocenters. The molecule has 1 aromatic heterocycles. The summed E-state index contributed by atoms with van der Waals surface area (Å²) >= 11 is 0. The number of anilines is 1. The van der Waals surface area contributed by atoms with Gasteiger partial charge in [-0.05, 0) is 56.0 Å². The van der Waals surface area contributed by atoms with E-state index in [9.17, 15) is 4.79 Å². The largest absolute Gasteiger partial charge is 0.494 e. The van der Waals surface area contributed by atoms with E-state index in [-0.39, 0.29) is 11.7 Å². The lowest BCUT2D eigenvalue weighted by molar-refractivity contribution is 0.0951. The first-order chi connectivity index (χ1) is 12.2. The van der Waals surface area contributed by atoms with Crippen molar-refractivity contribution in [1.29, 1.82) is 0 Å². The van der Waals surface area contributed by atoms with Gasteiger partial charge in [0.15, 0.2) is 0 Å². The summed E-state index contributed by atoms with van der Waals surface area (Å²) in [4.78, 5) is 16.1. The number of hydrogen-bond donors (Lipinski definition) is 2. The molecule has 0 aliphatic heterocycles. The van der Waals surface area contributed by atoms with E-state index in [4.69, 9.17) is 10.5 Å². The highest BCUT2D eigenvalue weighted by atomic mass is 16.5. The molecule has 2 aromatic rings. The summed E-state index contributed by atoms with van der Waals surface area (Å²) in [5, 5.41) is 2.85. The van der Waals surface area contributed by atoms with Gasteiger partial charge in [0.25, 0.3) is 5.91 Å². The van der Waals surface area contributed by atoms with Crippen LogP contribution in [0.2, 0.25) is 0 Å². The van der Waals surface area contributed by atoms with Crippen molar-refractivity contribution in [2.24, 2.45) is 0 Å². The number of unbranched alkanes of at least 4 members (excludes halogenated alkanes) is 2. The van der Waals surface area contributed by atoms with Crippen LogP contribution < -0.4 is 15.8 Å². The van der Waals surface area contributed by atoms with E-state index in [0.29, 0.717) is 18.7 Å². The lowest BCUT2D eigenvalue weighted by Crippen LogP contribution is -2.24. The molecule has 0 bridgehead atoms. The standard InChI is InChI=1S/C20H25N3O2/c1-2-3-4-5-6-13-25-17-10-7-9-16(14-17)15-23-20(24)18-11-8-12-22-19(18)21/h2-3,7-12,14H,4-6,13,15H2,1H3,(H2,21,22)(H,23,24). The molecule has 1 amide bonds. The summed E-state index contributed by atoms with van der Waals surface area (Å²) in [6.07, 6.45) is 9.02. The highest BCUT2D eigenvalue weighted by Gasteiger charge is 2.09. The van der Waals surface area contributed by atoms with Crippen molar-refractivity contribution in [3.8, 4) is 5.75 Å². The van der Waals surface area contributed by atoms with E-state index >= 15 is 0 Å². The molecule has 0 aliphatic carbocycles. The van der Waals surface area contributed by atoms with Gasteiger partial charge in [-0.25, -0.2) is 4.98 Å². The van der Waals surface area contributed by atoms with Gasteiger partial charge < -0.3 is 15.8 Å². The average Bonchev–Trinajstić information content (AvgIpc) is 2.63. The molecule has 0 aliphatic rings. The van der Waals surface area contributed by atoms with E-state index in [2.05, 4.69) is 22.5 Å². The number of benzene rings is 1. The van der Waals surface area contributed by atoms with E-state index in [1.54, 1.807) is 18.3 Å². The summed E-state index contributed by atoms with van der Waals surface area (Å²) in [7, 11) is 0. The summed E-state index contributed by atoms with van der Waals surface area (Å²) in [5.41, 5.74) is 7.08. The fourth-order valence-corrected chi connectivity index (χ4v) is 2.35. The molecule has 0 saturated carbocycles. The number of nitrogens with one attached hydrogen (secondary N) is 1. The maximum absolute atomic E-state index is 12.2. The molecule has 0 atom stereocenters. The Morgan fingerprint density at radius 3 is 2.96 bits per heavy atom. The van der Waals surface area contributed by atoms with Crippen LogP contribution in [0, 0.1) is 0 Å². The van der Waals surface area contributed by atoms with Crippen molar-refractivity contribution in [3.63, 3.8) is 0 Å². The van der Waals surface area contributed by atoms with Gasteiger partial charge in [0.2, 0.25) is 0 Å². The average molecular weight is 339 g/mol. The third-order valence-electron chi connectivity index (χ3n) is 3.70. The number of amides is 1. The van der Waals surface area contributed by atoms with Crippen LogP contribution in [0.1, 0.15) is 42.1 Å². The quantitative estimate of drug-likeness (QED) is 0.539. The molecule has 1 aromatic carbocycles. The van der Waals surface area contributed by atoms with Crippen LogP contribution in [0.4, 0.5) is 5.82 Å². The Bertz CT molecular complexity index is 714. The smallest absolute Gasteiger partial charge is 0.255 e. The number of allylic oxidation sites excluding steroid dienone is 2. The minimum Gasteiger partial charge on any atom is -0.494 e. The molecule has 0 fully saturated rings. The fourth-order valence-electron chi connectivity index (χ4n) is 2.35. The molecular weight excluding hydrogens is 314 g/mol. The predicted octanol–water partition coefficient (Wildman–Crippen LogP) is 3.72. The van der Waals surface area contributed by atoms with Gasteiger partial charge in [0.1, 0.15) is 11.6 Å². The first kappa shape index (κ1) is 18.5. The van der Waals surface area contributed by atoms with Gasteiger partial charge in [0, 0.05) is 12.7 Å². The summed E-state index contributed by atoms with van der Waals surface area (Å²) < 4.78 is 5.77. The number of aromatic nitrogens is 1. The van der Waals surface area contributed by atoms with Gasteiger partial charge in [-0.2, -0.15) is 0 Å². The van der Waals surface area contributed by atoms with Crippen molar-refractivity contribution < 1.29 is 9.53 Å². The summed E-state index contributed by atoms with van der Waals surface area (Å²) in [6.45, 7) is 3.13. The number of pyridine rings is 1. The molecule has 0 spiro atoms. The molecule has 3 N–H and O–H groups in total. The second-order valence-corrected chi connectivity index (χ2v) is 5.68. The monoisotopic (exact) mass is 339 g/mol. The number of ether oxygens (including phenoxy) is 1. The van der Waals surface area contributed by atoms with Gasteiger partial charge in [-0.15, -0.1) is 0 Å². The van der Waals surface area contributed by atoms with Crippen LogP contribution in [-0.4, -0.2) is 17.5 Å². The van der Waals surface area contributed by atoms with Crippen LogP contribution in [0.5, 0.6) is 5.75 Å². The maximum Gasteiger partial charge on any atom is 0.255 e. The van der Waals surface area contributed by atoms with Crippen LogP contribution >= 0.6 is 0 Å². The summed E-state index contributed by atoms with van der Waals surface area (Å²) in [6, 6.07) is 11.1. The van der Waals surface area contributed by atoms with Crippen molar-refractivity contribution >= 4 is 11.7 Å². The lowest BCUT2D eigenvalue weighted by atomic mass is 10.2. The van der Waals surface area contributed by atoms with Gasteiger partial charge in [-0.1, -0.05) is 24.3 Å². The minimum atomic E-state index is -0.235. The minimum absolute atomic E-state index is 0.231. The maximum atomic E-state index is 12.2. The molecular formula is C20H25N3O2. The van der Waals surface area contributed by atoms with Crippen LogP contribution in [0.25, 0.3) is 0 Å². The number of carbonyl (C=O) groups excluding carboxylic acids is 1. The number of nitrogen functional groups attached to an aromatic ring is 1. The van der Waals surface area contributed by atoms with E-state index in [1.165, 1.54) is 0 Å². The molecule has 0 saturated heterocycles. The van der Waals surface area contributed by atoms with Gasteiger partial charge >= 0.3 is 0 Å². The van der Waals surface area contributed by atoms with Gasteiger partial charge in [-0.3, -0.25) is 4.79 Å². The third kappa shape index (κ3) is 6.30. The highest BCUT2D eigenvalue weighted by molar-refractivity contribution is 5.98. The third-order valence-corrected chi connectivity index (χ3v) is 3.70. The first-order valence-corrected chi connectivity index (χ1v) is 8.52. The first-order valence-electron chi connectivity index (χ1n) is 8.52. The molecule has 5 heteroatoms. The van der Waals surface area contributed by atoms with Crippen molar-refractivity contribution in [1.82, 2.24) is 10.3 Å². The van der Waals surface area contributed by atoms with Crippen LogP contribution in [-0.2, 0) is 6.54 Å². The number of hydrogen-bond acceptors (Lipinski definition) is 4. The predicted molar refractivity (Wildman–Crippen MR) is 100 cm³/mol. The second-order valence-electron chi connectivity index (χ2n) is 5.68. The Morgan fingerprint density at radius 1 is 1.28 bits per heavy atom. The SMILES string of the molecule is CC=CCCCCOc1cccc(CNC(=O)c2cccnc2N)c1. The van der Waals surface area contributed by atoms with Crippen molar-refractivity contribution in [2.45, 2.75) is 32.7 Å². The zero-order valence-electron chi connectivity index (χ0n) is 14.6.